The van der Waals surface area contributed by atoms with Crippen LogP contribution in [0.3, 0.4) is 0 Å². The zero-order valence-corrected chi connectivity index (χ0v) is 28.6. The average molecular weight is 1050 g/mol. The van der Waals surface area contributed by atoms with Crippen LogP contribution in [0.5, 0.6) is 5.75 Å². The molecule has 708 valence electrons. The van der Waals surface area contributed by atoms with Crippen molar-refractivity contribution in [2.45, 2.75) is 133 Å². The van der Waals surface area contributed by atoms with Gasteiger partial charge in [0.1, 0.15) is 5.75 Å². The Hall–Kier alpha value is -2.17. The number of aryl methyl sites for hydroxylation is 2. The van der Waals surface area contributed by atoms with Gasteiger partial charge in [-0.25, -0.2) is 0 Å². The Kier molecular flexibility index (Phi) is 11.3. The standard InChI is InChI=1S/C37H59NO3.239H2/c1-15-27(8)38(37(13,14)23(3)4)22-26(7)34(30-19-17-18-24(5)28(30)9)32-21-31(29(10)39)25(6)20-33(32)41-35(40)36(11,12)16-2;;;;;;;;;;;;;;;;;;;;;;;;;;;;;;;;;;;;;;;;;;;;;;;;;;;;;;;;;;;;;;;;;;;;;;;;;;;;;;;;;;;;;;;;;;;;;;;;;;;;;;;;;;;;;;;;;;;;;;;;;;;;;;;;;;;;;;;;;;;;;;;;;;;;;;;;;;;;;;;;;;;;;;;;;;;;;;;;;;;;;;;;;;;;;;;;;;;;;;;;;;;;;;;;;;;;;;;;;;;;;;;;;;;;;;;;;;;;;;;/h17-21,23,26-27,29,34,39H,15-16,22H2,1-14H3;239*1H/t26?,27?,29?,34-;;;;;;;;;;;;;;;;;;;;;;;;;;;;;;;;;;;;;;;;;;;;;;;;;;;;;;;;;;;;;;;;;;;;;;;;;;;;;;;;;;;;;;;;;;;;;;;;;;;;;;;;;;;;;;;;;;;;;;;;;;;;;;;;;;;;;;;;;;;;;;;;;;;;;;;;;;;;;;;;;;;;;;;;;;;;;;;;;;;;;;;;;;;;;;;;;;;;;;;;;;;;;;;;;;;;;;;;;;;;;;;;;;;;;;;;;;;;;;;/m1.............................................................................................................................................................................................................................................../s1/i39D;;;;;;;;;;;;;;;;;;;;;;;;;;;;;;;;;;;;;;;;;;;;;;;;;;;;;;;;;;;;;;;;;;;;;;;;;;;;;;;;;;;;;;;;;;;;;;;;;;;;;;;;;;;;;;;;;;;;;;;;;;;;;;;;;;;;;;;;;;;;;;;;;;;;;;;;;;;;;;;;;;;;;;;;;;;;;;;;;;;;;;;;;;;;;;;;;;;;;;;;;;;;;;;;;;;;;;;;;;;;;;;;;;;;;;;;;;;;;;;. The molecule has 0 aliphatic heterocycles. The van der Waals surface area contributed by atoms with Crippen molar-refractivity contribution in [3.8, 4) is 5.75 Å². The van der Waals surface area contributed by atoms with Crippen LogP contribution >= 0.6 is 0 Å². The Labute approximate surface area is 608 Å². The molecule has 0 saturated carbocycles. The lowest BCUT2D eigenvalue weighted by molar-refractivity contribution is -0.144. The molecule has 0 radical (unpaired) electrons. The quantitative estimate of drug-likeness (QED) is 0.151. The highest BCUT2D eigenvalue weighted by atomic mass is 16.5. The summed E-state index contributed by atoms with van der Waals surface area (Å²) >= 11 is 0. The second kappa shape index (κ2) is 13.9. The predicted octanol–water partition coefficient (Wildman–Crippen LogP) is 68.1. The summed E-state index contributed by atoms with van der Waals surface area (Å²) < 4.78 is 14.0. The molecule has 1 N–H and O–H groups in total. The number of ether oxygens (including phenoxy) is 1. The van der Waals surface area contributed by atoms with Crippen molar-refractivity contribution >= 4 is 5.97 Å². The number of aliphatic hydroxyl groups excluding tert-OH is 1. The van der Waals surface area contributed by atoms with E-state index in [2.05, 4.69) is 91.5 Å². The minimum atomic E-state index is -0.601. The first-order valence-electron chi connectivity index (χ1n) is 16.2. The Morgan fingerprint density at radius 3 is 2.15 bits per heavy atom. The summed E-state index contributed by atoms with van der Waals surface area (Å²) in [6, 6.07) is 11.1. The summed E-state index contributed by atoms with van der Waals surface area (Å²) in [6.07, 6.45) is 1.35. The minimum Gasteiger partial charge on any atom is -0.426 e. The van der Waals surface area contributed by atoms with E-state index in [1.54, 1.807) is 0 Å². The van der Waals surface area contributed by atoms with Gasteiger partial charge in [0.2, 0.25) is 1.43 Å². The van der Waals surface area contributed by atoms with Crippen molar-refractivity contribution in [3.05, 3.63) is 63.7 Å². The number of carbonyl (C=O) groups is 1. The van der Waals surface area contributed by atoms with Gasteiger partial charge in [-0.15, -0.1) is 0 Å². The molecule has 3 unspecified atom stereocenters. The van der Waals surface area contributed by atoms with Crippen LogP contribution in [0.2, 0.25) is 0 Å². The van der Waals surface area contributed by atoms with Gasteiger partial charge in [0.05, 0.1) is 11.5 Å². The van der Waals surface area contributed by atoms with E-state index in [1.165, 1.54) is 16.7 Å². The van der Waals surface area contributed by atoms with Gasteiger partial charge in [-0.2, -0.15) is 0 Å². The Bertz CT molecular complexity index is 1360. The van der Waals surface area contributed by atoms with Crippen LogP contribution in [0.25, 0.3) is 0 Å². The third-order valence-corrected chi connectivity index (χ3v) is 10.1. The summed E-state index contributed by atoms with van der Waals surface area (Å²) in [5, 5.41) is 5.07. The molecule has 2 aromatic rings. The average Bonchev–Trinajstić information content (AvgIpc) is 2.93. The normalized spacial score (nSPS) is 16.0. The van der Waals surface area contributed by atoms with Gasteiger partial charge in [0, 0.05) is 371 Å². The fourth-order valence-corrected chi connectivity index (χ4v) is 5.71. The molecule has 41 heavy (non-hydrogen) atoms. The highest BCUT2D eigenvalue weighted by molar-refractivity contribution is 5.79. The number of benzene rings is 2. The number of nitrogens with zero attached hydrogens (tertiary/aromatic N) is 1. The van der Waals surface area contributed by atoms with Crippen molar-refractivity contribution in [2.75, 3.05) is 6.54 Å². The van der Waals surface area contributed by atoms with Crippen LogP contribution in [0.15, 0.2) is 30.3 Å². The van der Waals surface area contributed by atoms with Crippen molar-refractivity contribution in [1.29, 1.82) is 1.43 Å². The number of esters is 1. The second-order valence-corrected chi connectivity index (χ2v) is 14.0. The fraction of sp³-hybridized carbons (Fsp3) is 0.649. The van der Waals surface area contributed by atoms with Crippen molar-refractivity contribution < 1.29 is 356 Å². The molecule has 0 amide bonds. The van der Waals surface area contributed by atoms with E-state index < -0.39 is 11.5 Å². The molecule has 0 fully saturated rings. The van der Waals surface area contributed by atoms with E-state index in [1.807, 2.05) is 40.7 Å². The number of aliphatic hydroxyl groups is 1. The highest BCUT2D eigenvalue weighted by Gasteiger charge is 2.37. The van der Waals surface area contributed by atoms with E-state index >= 15 is 0 Å². The molecule has 4 nitrogen and oxygen atoms in total. The maximum absolute atomic E-state index is 13.5. The molecular weight excluding hydrogens is 506 g/mol. The smallest absolute Gasteiger partial charge is 0.316 e. The Balaban J connectivity index is -0.000000000328. The molecular formula is C37H537NO3. The predicted molar refractivity (Wildman–Crippen MR) is 679 cm³/mol. The second-order valence-electron chi connectivity index (χ2n) is 14.0. The van der Waals surface area contributed by atoms with Gasteiger partial charge in [0.15, 0.2) is 0 Å². The van der Waals surface area contributed by atoms with Crippen molar-refractivity contribution in [1.82, 2.24) is 4.90 Å². The van der Waals surface area contributed by atoms with Gasteiger partial charge in [-0.05, 0) is 127 Å². The number of rotatable bonds is 14. The van der Waals surface area contributed by atoms with E-state index in [0.717, 1.165) is 29.7 Å². The summed E-state index contributed by atoms with van der Waals surface area (Å²) in [7, 11) is 0. The lowest BCUT2D eigenvalue weighted by Gasteiger charge is -2.47. The van der Waals surface area contributed by atoms with E-state index in [9.17, 15) is 4.79 Å². The van der Waals surface area contributed by atoms with Crippen LogP contribution < -0.4 is 4.74 Å². The summed E-state index contributed by atoms with van der Waals surface area (Å²) in [4.78, 5) is 16.2. The molecule has 4 heteroatoms. The lowest BCUT2D eigenvalue weighted by Crippen LogP contribution is -2.54. The third kappa shape index (κ3) is 7.82. The molecule has 4 atom stereocenters. The largest absolute Gasteiger partial charge is 0.426 e. The SMILES string of the molecule is [2H]OC(C)c1cc([C@@H](c2cccc(C)c2C)C(C)CN(C(C)CC)C(C)(C)C(C)C)c(OC(=O)C(C)(C)CC)cc1C.[HH].[HH].[HH].[HH].[HH].[HH].[HH].[HH].[HH].[HH].[HH].[HH].[HH].[HH].[HH].[HH].[HH].[HH].[HH].[HH].[HH].[HH].[HH].[HH].[HH].[HH].[HH].[HH].[HH].[HH].[HH].[HH].[HH].[HH].[HH].[HH].[HH].[HH].[HH].[HH].[HH].[HH].[HH].[HH].[HH].[HH].[HH].[HH].[HH].[HH].[HH].[HH].[HH].[HH].[HH].[HH].[HH].[HH].[HH].[HH].[HH].[HH].[HH].[HH].[HH].[HH].[HH].[HH].[HH].[HH].[HH].[HH].[HH].[HH].[HH].[HH].[HH].[HH].[HH].[HH].[HH].[HH].[HH].[HH].[HH].[HH].[HH].[HH].[HH].[HH].[HH].[HH].[HH].[HH].[HH].[HH].[HH].[HH].[HH].[HH].[HH].[HH].[HH].[HH].[HH].[HH].[HH].[HH].[HH].[HH].[HH].[HH].[HH].[HH].[HH].[HH].[HH].[HH].[HH].[HH].[HH].[HH].[HH].[HH].[HH].[HH].[HH].[HH].[HH].[HH].[HH].[HH].[HH].[HH].[HH].[HH].[HH].[HH].[HH].[HH].[HH].[HH].[HH].[HH].[HH].[HH].[HH].[HH].[HH].[HH].[HH].[HH].[HH].[HH].[HH].[HH].[HH].[HH].[HH].[HH].[HH].[HH].[HH].[HH].[HH].[HH].[HH].[HH].[HH].[HH].[HH].[HH].[HH].[HH].[HH].[HH].[HH].[HH].[HH].[HH].[HH].[HH].[HH].[HH].[HH].[HH].[HH].[HH].[HH].[HH].[HH].[HH].[HH].[HH].[HH].[HH].[HH].[HH].[HH].[HH].[HH].[HH].[HH].[HH].[HH].[HH].[HH].[HH].[HH].[HH].[HH].[HH].[HH].[HH].[HH].[HH].[HH].[HH].[HH].[HH].[HH].[HH].[HH].[HH].[HH].[HH].[HH].[HH].[HH].[HH].[HH].[HH].[HH].[HH].[HH].[HH].[HH].[HH].[HH]. The number of hydrogen-bond donors (Lipinski definition) is 1. The monoisotopic (exact) mass is 1050 g/mol. The fourth-order valence-electron chi connectivity index (χ4n) is 5.71. The Morgan fingerprint density at radius 1 is 0.976 bits per heavy atom. The van der Waals surface area contributed by atoms with Crippen molar-refractivity contribution in [2.24, 2.45) is 17.3 Å². The summed E-state index contributed by atoms with van der Waals surface area (Å²) in [5.74, 6) is 1.02. The van der Waals surface area contributed by atoms with E-state index in [-0.39, 0.29) is 364 Å². The zero-order chi connectivity index (χ0) is 32.2. The number of carbonyl (C=O) groups excluding carboxylic acids is 1. The molecule has 0 heterocycles. The van der Waals surface area contributed by atoms with E-state index in [4.69, 9.17) is 11.3 Å². The molecule has 2 aromatic carbocycles. The summed E-state index contributed by atoms with van der Waals surface area (Å²) in [5.41, 5.74) is 6.02. The maximum Gasteiger partial charge on any atom is 0.316 e. The third-order valence-electron chi connectivity index (χ3n) is 10.1. The Morgan fingerprint density at radius 2 is 1.61 bits per heavy atom. The van der Waals surface area contributed by atoms with Crippen LogP contribution in [-0.2, 0) is 4.79 Å². The van der Waals surface area contributed by atoms with Gasteiger partial charge < -0.3 is 9.85 Å². The zero-order valence-electron chi connectivity index (χ0n) is 29.6. The van der Waals surface area contributed by atoms with Gasteiger partial charge in [-0.3, -0.25) is 9.69 Å². The topological polar surface area (TPSA) is 49.8 Å². The lowest BCUT2D eigenvalue weighted by atomic mass is 9.76. The summed E-state index contributed by atoms with van der Waals surface area (Å²) in [6.45, 7) is 31.3. The first-order valence-corrected chi connectivity index (χ1v) is 15.8. The van der Waals surface area contributed by atoms with Crippen LogP contribution in [0.1, 0.15) is 475 Å². The molecule has 0 spiro atoms. The molecule has 0 aromatic heterocycles. The van der Waals surface area contributed by atoms with Gasteiger partial charge in [-0.1, -0.05) is 52.8 Å². The van der Waals surface area contributed by atoms with E-state index in [0.29, 0.717) is 24.1 Å². The number of hydrogen-bond acceptors (Lipinski definition) is 4. The molecule has 0 aliphatic carbocycles. The van der Waals surface area contributed by atoms with Crippen LogP contribution in [-0.4, -0.2) is 35.5 Å². The molecule has 2 rings (SSSR count). The molecule has 0 saturated heterocycles. The maximum atomic E-state index is 13.5. The first-order chi connectivity index (χ1) is 19.4. The highest BCUT2D eigenvalue weighted by Crippen LogP contribution is 2.43. The van der Waals surface area contributed by atoms with Crippen molar-refractivity contribution in [3.63, 3.8) is 0 Å². The first kappa shape index (κ1) is 33.3. The minimum absolute atomic E-state index is 0. The van der Waals surface area contributed by atoms with Crippen LogP contribution in [0, 0.1) is 38.0 Å². The van der Waals surface area contributed by atoms with Gasteiger partial charge >= 0.3 is 5.97 Å². The van der Waals surface area contributed by atoms with Gasteiger partial charge in [0.25, 0.3) is 0 Å². The molecule has 0 bridgehead atoms. The van der Waals surface area contributed by atoms with Crippen LogP contribution in [0.4, 0.5) is 0 Å². The molecule has 0 aliphatic rings.